The minimum absolute atomic E-state index is 0.248. The molecule has 1 atom stereocenters. The highest BCUT2D eigenvalue weighted by molar-refractivity contribution is 5.68. The van der Waals surface area contributed by atoms with E-state index in [2.05, 4.69) is 11.6 Å². The van der Waals surface area contributed by atoms with Crippen LogP contribution in [0.5, 0.6) is 0 Å². The summed E-state index contributed by atoms with van der Waals surface area (Å²) < 4.78 is 12.7. The van der Waals surface area contributed by atoms with Gasteiger partial charge in [0.1, 0.15) is 0 Å². The molecule has 2 aliphatic rings. The summed E-state index contributed by atoms with van der Waals surface area (Å²) in [5, 5.41) is 4.88. The molecule has 1 fully saturated rings. The fourth-order valence-corrected chi connectivity index (χ4v) is 3.46. The van der Waals surface area contributed by atoms with E-state index < -0.39 is 0 Å². The van der Waals surface area contributed by atoms with Crippen LogP contribution in [0.3, 0.4) is 0 Å². The minimum Gasteiger partial charge on any atom is -0.453 e. The first-order valence-corrected chi connectivity index (χ1v) is 8.24. The summed E-state index contributed by atoms with van der Waals surface area (Å²) in [6, 6.07) is 0.345. The highest BCUT2D eigenvalue weighted by Crippen LogP contribution is 2.29. The van der Waals surface area contributed by atoms with E-state index in [4.69, 9.17) is 14.6 Å². The maximum absolute atomic E-state index is 11.8. The number of hydrogen-bond acceptors (Lipinski definition) is 4. The zero-order valence-electron chi connectivity index (χ0n) is 13.5. The van der Waals surface area contributed by atoms with Gasteiger partial charge < -0.3 is 14.4 Å². The lowest BCUT2D eigenvalue weighted by Crippen LogP contribution is -2.37. The second kappa shape index (κ2) is 6.69. The van der Waals surface area contributed by atoms with Crippen LogP contribution in [-0.4, -0.2) is 47.6 Å². The van der Waals surface area contributed by atoms with Gasteiger partial charge in [0.05, 0.1) is 32.0 Å². The predicted molar refractivity (Wildman–Crippen MR) is 81.8 cm³/mol. The first kappa shape index (κ1) is 15.3. The van der Waals surface area contributed by atoms with Crippen molar-refractivity contribution in [3.8, 4) is 0 Å². The van der Waals surface area contributed by atoms with E-state index in [1.807, 2.05) is 0 Å². The Labute approximate surface area is 131 Å². The van der Waals surface area contributed by atoms with E-state index in [9.17, 15) is 4.79 Å². The first-order chi connectivity index (χ1) is 10.7. The summed E-state index contributed by atoms with van der Waals surface area (Å²) >= 11 is 0. The number of amides is 1. The van der Waals surface area contributed by atoms with Gasteiger partial charge >= 0.3 is 6.09 Å². The molecule has 0 spiro atoms. The molecule has 0 N–H and O–H groups in total. The molecule has 0 radical (unpaired) electrons. The molecular formula is C16H25N3O3. The van der Waals surface area contributed by atoms with Gasteiger partial charge in [0.2, 0.25) is 0 Å². The second-order valence-electron chi connectivity index (χ2n) is 6.08. The normalized spacial score (nSPS) is 21.5. The monoisotopic (exact) mass is 307 g/mol. The van der Waals surface area contributed by atoms with Gasteiger partial charge in [-0.05, 0) is 19.3 Å². The molecule has 0 aromatic carbocycles. The van der Waals surface area contributed by atoms with E-state index in [0.717, 1.165) is 51.0 Å². The smallest absolute Gasteiger partial charge is 0.409 e. The van der Waals surface area contributed by atoms with Crippen molar-refractivity contribution in [3.63, 3.8) is 0 Å². The summed E-state index contributed by atoms with van der Waals surface area (Å²) in [6.45, 7) is 5.09. The third-order valence-electron chi connectivity index (χ3n) is 4.57. The van der Waals surface area contributed by atoms with Gasteiger partial charge in [0, 0.05) is 30.8 Å². The van der Waals surface area contributed by atoms with Crippen LogP contribution in [0.15, 0.2) is 0 Å². The van der Waals surface area contributed by atoms with Crippen molar-refractivity contribution in [1.82, 2.24) is 14.7 Å². The van der Waals surface area contributed by atoms with Crippen LogP contribution in [0.4, 0.5) is 4.79 Å². The standard InChI is InChI=1S/C16H25N3O3/c1-3-5-14-13-10-18(16(20)21-2)8-7-15(13)19(17-14)12-6-4-9-22-11-12/h12H,3-11H2,1-2H3. The Hall–Kier alpha value is -1.56. The summed E-state index contributed by atoms with van der Waals surface area (Å²) in [5.41, 5.74) is 3.65. The van der Waals surface area contributed by atoms with Crippen molar-refractivity contribution < 1.29 is 14.3 Å². The lowest BCUT2D eigenvalue weighted by atomic mass is 10.0. The van der Waals surface area contributed by atoms with Crippen molar-refractivity contribution in [1.29, 1.82) is 0 Å². The third kappa shape index (κ3) is 2.84. The highest BCUT2D eigenvalue weighted by Gasteiger charge is 2.30. The molecule has 1 aromatic heterocycles. The predicted octanol–water partition coefficient (Wildman–Crippen LogP) is 2.31. The highest BCUT2D eigenvalue weighted by atomic mass is 16.5. The topological polar surface area (TPSA) is 56.6 Å². The minimum atomic E-state index is -0.248. The summed E-state index contributed by atoms with van der Waals surface area (Å²) in [7, 11) is 1.44. The fraction of sp³-hybridized carbons (Fsp3) is 0.750. The van der Waals surface area contributed by atoms with Crippen LogP contribution in [0.2, 0.25) is 0 Å². The molecule has 1 amide bonds. The third-order valence-corrected chi connectivity index (χ3v) is 4.57. The summed E-state index contributed by atoms with van der Waals surface area (Å²) in [4.78, 5) is 13.6. The Morgan fingerprint density at radius 2 is 2.36 bits per heavy atom. The molecule has 0 saturated carbocycles. The Balaban J connectivity index is 1.89. The van der Waals surface area contributed by atoms with E-state index in [-0.39, 0.29) is 6.09 Å². The molecule has 122 valence electrons. The summed E-state index contributed by atoms with van der Waals surface area (Å²) in [5.74, 6) is 0. The van der Waals surface area contributed by atoms with Gasteiger partial charge in [-0.25, -0.2) is 4.79 Å². The number of carbonyl (C=O) groups is 1. The molecule has 22 heavy (non-hydrogen) atoms. The molecular weight excluding hydrogens is 282 g/mol. The molecule has 1 aromatic rings. The maximum Gasteiger partial charge on any atom is 0.409 e. The number of nitrogens with zero attached hydrogens (tertiary/aromatic N) is 3. The average molecular weight is 307 g/mol. The number of ether oxygens (including phenoxy) is 2. The van der Waals surface area contributed by atoms with Crippen molar-refractivity contribution in [2.45, 2.75) is 51.6 Å². The Kier molecular flexibility index (Phi) is 4.66. The molecule has 6 nitrogen and oxygen atoms in total. The molecule has 1 unspecified atom stereocenters. The molecule has 0 aliphatic carbocycles. The van der Waals surface area contributed by atoms with Gasteiger partial charge in [-0.15, -0.1) is 0 Å². The lowest BCUT2D eigenvalue weighted by molar-refractivity contribution is 0.0532. The van der Waals surface area contributed by atoms with Gasteiger partial charge in [0.15, 0.2) is 0 Å². The van der Waals surface area contributed by atoms with E-state index in [0.29, 0.717) is 19.1 Å². The molecule has 0 bridgehead atoms. The van der Waals surface area contributed by atoms with Gasteiger partial charge in [-0.2, -0.15) is 5.10 Å². The number of fused-ring (bicyclic) bond motifs is 1. The molecule has 3 rings (SSSR count). The number of aromatic nitrogens is 2. The van der Waals surface area contributed by atoms with Crippen LogP contribution in [0.1, 0.15) is 49.2 Å². The number of methoxy groups -OCH3 is 1. The lowest BCUT2D eigenvalue weighted by Gasteiger charge is -2.29. The van der Waals surface area contributed by atoms with Crippen LogP contribution >= 0.6 is 0 Å². The van der Waals surface area contributed by atoms with Crippen LogP contribution < -0.4 is 0 Å². The van der Waals surface area contributed by atoms with E-state index >= 15 is 0 Å². The summed E-state index contributed by atoms with van der Waals surface area (Å²) in [6.07, 6.45) is 4.83. The van der Waals surface area contributed by atoms with Crippen LogP contribution in [-0.2, 0) is 28.9 Å². The van der Waals surface area contributed by atoms with Crippen molar-refractivity contribution in [3.05, 3.63) is 17.0 Å². The molecule has 3 heterocycles. The Bertz CT molecular complexity index is 535. The van der Waals surface area contributed by atoms with Gasteiger partial charge in [-0.1, -0.05) is 13.3 Å². The Morgan fingerprint density at radius 3 is 3.05 bits per heavy atom. The van der Waals surface area contributed by atoms with Crippen molar-refractivity contribution in [2.75, 3.05) is 26.9 Å². The second-order valence-corrected chi connectivity index (χ2v) is 6.08. The first-order valence-electron chi connectivity index (χ1n) is 8.24. The molecule has 1 saturated heterocycles. The zero-order valence-corrected chi connectivity index (χ0v) is 13.5. The van der Waals surface area contributed by atoms with Crippen LogP contribution in [0.25, 0.3) is 0 Å². The fourth-order valence-electron chi connectivity index (χ4n) is 3.46. The Morgan fingerprint density at radius 1 is 1.50 bits per heavy atom. The van der Waals surface area contributed by atoms with E-state index in [1.54, 1.807) is 4.90 Å². The largest absolute Gasteiger partial charge is 0.453 e. The SMILES string of the molecule is CCCc1nn(C2CCCOC2)c2c1CN(C(=O)OC)CC2. The molecule has 2 aliphatic heterocycles. The molecule has 6 heteroatoms. The number of hydrogen-bond donors (Lipinski definition) is 0. The number of rotatable bonds is 3. The quantitative estimate of drug-likeness (QED) is 0.860. The van der Waals surface area contributed by atoms with E-state index in [1.165, 1.54) is 18.4 Å². The van der Waals surface area contributed by atoms with Crippen molar-refractivity contribution in [2.24, 2.45) is 0 Å². The average Bonchev–Trinajstić information content (AvgIpc) is 2.93. The van der Waals surface area contributed by atoms with Gasteiger partial charge in [0.25, 0.3) is 0 Å². The maximum atomic E-state index is 11.8. The van der Waals surface area contributed by atoms with Gasteiger partial charge in [-0.3, -0.25) is 4.68 Å². The number of aryl methyl sites for hydroxylation is 1. The van der Waals surface area contributed by atoms with Crippen molar-refractivity contribution >= 4 is 6.09 Å². The number of carbonyl (C=O) groups excluding carboxylic acids is 1. The van der Waals surface area contributed by atoms with Crippen LogP contribution in [0, 0.1) is 0 Å². The zero-order chi connectivity index (χ0) is 15.5.